The standard InChI is InChI=1S/C11H12F2N2O2/c1-6-2-8(3-6)14-11-9(13)4-7(12)5-10(11)15(16)17/h4-6,8,14H,2-3H2,1H3. The molecule has 1 aromatic rings. The average Bonchev–Trinajstić information content (AvgIpc) is 2.18. The highest BCUT2D eigenvalue weighted by molar-refractivity contribution is 5.63. The first-order valence-corrected chi connectivity index (χ1v) is 5.37. The van der Waals surface area contributed by atoms with Crippen LogP contribution in [0.5, 0.6) is 0 Å². The predicted octanol–water partition coefficient (Wildman–Crippen LogP) is 3.08. The van der Waals surface area contributed by atoms with Crippen molar-refractivity contribution < 1.29 is 13.7 Å². The van der Waals surface area contributed by atoms with Crippen molar-refractivity contribution in [1.82, 2.24) is 0 Å². The van der Waals surface area contributed by atoms with Crippen LogP contribution in [0.3, 0.4) is 0 Å². The normalized spacial score (nSPS) is 23.0. The van der Waals surface area contributed by atoms with Gasteiger partial charge in [-0.15, -0.1) is 0 Å². The van der Waals surface area contributed by atoms with E-state index in [0.717, 1.165) is 18.9 Å². The third-order valence-corrected chi connectivity index (χ3v) is 2.95. The fourth-order valence-corrected chi connectivity index (χ4v) is 2.07. The summed E-state index contributed by atoms with van der Waals surface area (Å²) in [5, 5.41) is 13.5. The van der Waals surface area contributed by atoms with E-state index in [1.807, 2.05) is 6.92 Å². The lowest BCUT2D eigenvalue weighted by atomic mass is 9.82. The second kappa shape index (κ2) is 4.27. The molecule has 1 aliphatic rings. The van der Waals surface area contributed by atoms with Crippen LogP contribution in [-0.4, -0.2) is 11.0 Å². The molecule has 0 heterocycles. The summed E-state index contributed by atoms with van der Waals surface area (Å²) in [6.07, 6.45) is 1.68. The molecule has 1 saturated carbocycles. The van der Waals surface area contributed by atoms with Crippen molar-refractivity contribution >= 4 is 11.4 Å². The van der Waals surface area contributed by atoms with Crippen molar-refractivity contribution in [1.29, 1.82) is 0 Å². The number of anilines is 1. The molecule has 0 atom stereocenters. The lowest BCUT2D eigenvalue weighted by molar-refractivity contribution is -0.384. The molecule has 0 unspecified atom stereocenters. The molecule has 2 rings (SSSR count). The molecule has 0 saturated heterocycles. The third kappa shape index (κ3) is 2.35. The number of nitrogens with one attached hydrogen (secondary N) is 1. The maximum absolute atomic E-state index is 13.5. The summed E-state index contributed by atoms with van der Waals surface area (Å²) in [6, 6.07) is 1.41. The molecule has 0 bridgehead atoms. The summed E-state index contributed by atoms with van der Waals surface area (Å²) in [7, 11) is 0. The van der Waals surface area contributed by atoms with Crippen LogP contribution in [0.25, 0.3) is 0 Å². The lowest BCUT2D eigenvalue weighted by Gasteiger charge is -2.33. The summed E-state index contributed by atoms with van der Waals surface area (Å²) < 4.78 is 26.4. The second-order valence-electron chi connectivity index (χ2n) is 4.46. The monoisotopic (exact) mass is 242 g/mol. The van der Waals surface area contributed by atoms with Crippen LogP contribution in [0, 0.1) is 27.7 Å². The minimum atomic E-state index is -0.943. The Morgan fingerprint density at radius 2 is 2.06 bits per heavy atom. The molecule has 0 amide bonds. The van der Waals surface area contributed by atoms with E-state index < -0.39 is 22.2 Å². The van der Waals surface area contributed by atoms with E-state index in [1.54, 1.807) is 0 Å². The number of nitro groups is 1. The number of hydrogen-bond acceptors (Lipinski definition) is 3. The zero-order valence-electron chi connectivity index (χ0n) is 9.24. The van der Waals surface area contributed by atoms with Crippen LogP contribution in [0.2, 0.25) is 0 Å². The van der Waals surface area contributed by atoms with Gasteiger partial charge in [-0.05, 0) is 18.8 Å². The number of halogens is 2. The molecule has 0 aromatic heterocycles. The first-order valence-electron chi connectivity index (χ1n) is 5.37. The maximum atomic E-state index is 13.5. The van der Waals surface area contributed by atoms with Crippen LogP contribution < -0.4 is 5.32 Å². The van der Waals surface area contributed by atoms with Crippen LogP contribution in [0.1, 0.15) is 19.8 Å². The lowest BCUT2D eigenvalue weighted by Crippen LogP contribution is -2.34. The van der Waals surface area contributed by atoms with Crippen LogP contribution in [-0.2, 0) is 0 Å². The van der Waals surface area contributed by atoms with E-state index in [4.69, 9.17) is 0 Å². The molecule has 1 aromatic carbocycles. The van der Waals surface area contributed by atoms with Gasteiger partial charge in [0, 0.05) is 12.1 Å². The van der Waals surface area contributed by atoms with E-state index in [1.165, 1.54) is 0 Å². The molecule has 17 heavy (non-hydrogen) atoms. The topological polar surface area (TPSA) is 55.2 Å². The van der Waals surface area contributed by atoms with Gasteiger partial charge in [0.15, 0.2) is 5.82 Å². The molecule has 6 heteroatoms. The van der Waals surface area contributed by atoms with Gasteiger partial charge in [-0.2, -0.15) is 0 Å². The van der Waals surface area contributed by atoms with Crippen molar-refractivity contribution in [2.75, 3.05) is 5.32 Å². The van der Waals surface area contributed by atoms with Gasteiger partial charge >= 0.3 is 0 Å². The Bertz CT molecular complexity index is 459. The predicted molar refractivity (Wildman–Crippen MR) is 58.8 cm³/mol. The Morgan fingerprint density at radius 1 is 1.41 bits per heavy atom. The Morgan fingerprint density at radius 3 is 2.59 bits per heavy atom. The maximum Gasteiger partial charge on any atom is 0.298 e. The summed E-state index contributed by atoms with van der Waals surface area (Å²) in [5.74, 6) is -1.33. The molecular formula is C11H12F2N2O2. The van der Waals surface area contributed by atoms with Crippen LogP contribution >= 0.6 is 0 Å². The van der Waals surface area contributed by atoms with E-state index in [2.05, 4.69) is 5.32 Å². The summed E-state index contributed by atoms with van der Waals surface area (Å²) in [4.78, 5) is 9.93. The SMILES string of the molecule is CC1CC(Nc2c(F)cc(F)cc2[N+](=O)[O-])C1. The summed E-state index contributed by atoms with van der Waals surface area (Å²) in [6.45, 7) is 2.05. The Labute approximate surface area is 96.8 Å². The molecule has 0 spiro atoms. The highest BCUT2D eigenvalue weighted by Crippen LogP contribution is 2.34. The van der Waals surface area contributed by atoms with Crippen molar-refractivity contribution in [2.45, 2.75) is 25.8 Å². The van der Waals surface area contributed by atoms with E-state index in [9.17, 15) is 18.9 Å². The van der Waals surface area contributed by atoms with Gasteiger partial charge in [-0.1, -0.05) is 6.92 Å². The molecular weight excluding hydrogens is 230 g/mol. The summed E-state index contributed by atoms with van der Waals surface area (Å²) in [5.41, 5.74) is -0.768. The average molecular weight is 242 g/mol. The molecule has 4 nitrogen and oxygen atoms in total. The van der Waals surface area contributed by atoms with Crippen molar-refractivity contribution in [2.24, 2.45) is 5.92 Å². The molecule has 1 fully saturated rings. The number of nitro benzene ring substituents is 1. The van der Waals surface area contributed by atoms with Crippen molar-refractivity contribution in [3.8, 4) is 0 Å². The quantitative estimate of drug-likeness (QED) is 0.654. The Hall–Kier alpha value is -1.72. The molecule has 0 aliphatic heterocycles. The number of hydrogen-bond donors (Lipinski definition) is 1. The van der Waals surface area contributed by atoms with E-state index in [0.29, 0.717) is 12.0 Å². The van der Waals surface area contributed by atoms with E-state index >= 15 is 0 Å². The summed E-state index contributed by atoms with van der Waals surface area (Å²) >= 11 is 0. The van der Waals surface area contributed by atoms with Gasteiger partial charge in [-0.3, -0.25) is 10.1 Å². The fourth-order valence-electron chi connectivity index (χ4n) is 2.07. The zero-order valence-corrected chi connectivity index (χ0v) is 9.24. The number of benzene rings is 1. The fraction of sp³-hybridized carbons (Fsp3) is 0.455. The zero-order chi connectivity index (χ0) is 12.6. The first kappa shape index (κ1) is 11.8. The largest absolute Gasteiger partial charge is 0.374 e. The highest BCUT2D eigenvalue weighted by atomic mass is 19.1. The molecule has 0 radical (unpaired) electrons. The first-order chi connectivity index (χ1) is 7.97. The Balaban J connectivity index is 2.28. The van der Waals surface area contributed by atoms with Gasteiger partial charge in [-0.25, -0.2) is 8.78 Å². The van der Waals surface area contributed by atoms with Crippen LogP contribution in [0.4, 0.5) is 20.2 Å². The van der Waals surface area contributed by atoms with Crippen molar-refractivity contribution in [3.63, 3.8) is 0 Å². The number of rotatable bonds is 3. The minimum absolute atomic E-state index is 0.0312. The third-order valence-electron chi connectivity index (χ3n) is 2.95. The van der Waals surface area contributed by atoms with Gasteiger partial charge in [0.1, 0.15) is 11.5 Å². The highest BCUT2D eigenvalue weighted by Gasteiger charge is 2.29. The van der Waals surface area contributed by atoms with Gasteiger partial charge in [0.05, 0.1) is 11.0 Å². The molecule has 1 N–H and O–H groups in total. The minimum Gasteiger partial charge on any atom is -0.374 e. The molecule has 1 aliphatic carbocycles. The van der Waals surface area contributed by atoms with Gasteiger partial charge in [0.2, 0.25) is 0 Å². The Kier molecular flexibility index (Phi) is 2.95. The smallest absolute Gasteiger partial charge is 0.298 e. The van der Waals surface area contributed by atoms with Gasteiger partial charge < -0.3 is 5.32 Å². The molecule has 92 valence electrons. The number of nitrogens with zero attached hydrogens (tertiary/aromatic N) is 1. The van der Waals surface area contributed by atoms with E-state index in [-0.39, 0.29) is 11.7 Å². The van der Waals surface area contributed by atoms with Gasteiger partial charge in [0.25, 0.3) is 5.69 Å². The van der Waals surface area contributed by atoms with Crippen LogP contribution in [0.15, 0.2) is 12.1 Å². The second-order valence-corrected chi connectivity index (χ2v) is 4.46. The van der Waals surface area contributed by atoms with Crippen molar-refractivity contribution in [3.05, 3.63) is 33.9 Å².